The molecule has 0 radical (unpaired) electrons. The molecule has 0 bridgehead atoms. The molecule has 0 amide bonds. The molecule has 1 fully saturated rings. The maximum atomic E-state index is 12.4. The molecule has 1 aliphatic rings. The number of benzene rings is 1. The first-order valence-corrected chi connectivity index (χ1v) is 7.72. The minimum Gasteiger partial charge on any atom is -0.480 e. The number of carboxylic acids is 1. The van der Waals surface area contributed by atoms with Gasteiger partial charge in [0.05, 0.1) is 17.6 Å². The number of rotatable bonds is 6. The van der Waals surface area contributed by atoms with Gasteiger partial charge in [-0.1, -0.05) is 0 Å². The van der Waals surface area contributed by atoms with Crippen molar-refractivity contribution >= 4 is 22.0 Å². The Kier molecular flexibility index (Phi) is 4.29. The highest BCUT2D eigenvalue weighted by atomic mass is 32.2. The Balaban J connectivity index is 2.29. The summed E-state index contributed by atoms with van der Waals surface area (Å²) in [5.74, 6) is -1.76. The normalized spacial score (nSPS) is 15.0. The minimum atomic E-state index is -3.88. The Morgan fingerprint density at radius 1 is 1.29 bits per heavy atom. The van der Waals surface area contributed by atoms with E-state index in [0.29, 0.717) is 12.8 Å². The van der Waals surface area contributed by atoms with E-state index in [1.807, 2.05) is 0 Å². The average molecular weight is 313 g/mol. The summed E-state index contributed by atoms with van der Waals surface area (Å²) >= 11 is 0. The number of carboxylic acid groups (broad SMARTS) is 1. The molecule has 1 aromatic carbocycles. The molecule has 0 spiro atoms. The van der Waals surface area contributed by atoms with E-state index in [4.69, 9.17) is 5.11 Å². The predicted molar refractivity (Wildman–Crippen MR) is 72.3 cm³/mol. The van der Waals surface area contributed by atoms with Crippen molar-refractivity contribution in [3.63, 3.8) is 0 Å². The van der Waals surface area contributed by atoms with Crippen molar-refractivity contribution < 1.29 is 27.9 Å². The van der Waals surface area contributed by atoms with Crippen LogP contribution in [0.1, 0.15) is 23.2 Å². The zero-order valence-electron chi connectivity index (χ0n) is 11.4. The van der Waals surface area contributed by atoms with E-state index in [1.54, 1.807) is 0 Å². The second kappa shape index (κ2) is 5.82. The van der Waals surface area contributed by atoms with Gasteiger partial charge in [-0.05, 0) is 37.1 Å². The Hall–Kier alpha value is -1.93. The largest absolute Gasteiger partial charge is 0.480 e. The number of sulfonamides is 1. The molecule has 8 heteroatoms. The lowest BCUT2D eigenvalue weighted by molar-refractivity contribution is -0.137. The second-order valence-electron chi connectivity index (χ2n) is 4.69. The van der Waals surface area contributed by atoms with Crippen LogP contribution in [0.15, 0.2) is 29.2 Å². The average Bonchev–Trinajstić information content (AvgIpc) is 3.28. The summed E-state index contributed by atoms with van der Waals surface area (Å²) in [5, 5.41) is 8.85. The predicted octanol–water partition coefficient (Wildman–Crippen LogP) is 0.711. The van der Waals surface area contributed by atoms with Crippen molar-refractivity contribution in [1.82, 2.24) is 4.31 Å². The van der Waals surface area contributed by atoms with E-state index in [1.165, 1.54) is 31.4 Å². The zero-order chi connectivity index (χ0) is 15.6. The van der Waals surface area contributed by atoms with Gasteiger partial charge in [-0.15, -0.1) is 0 Å². The Labute approximate surface area is 122 Å². The van der Waals surface area contributed by atoms with E-state index in [2.05, 4.69) is 4.74 Å². The van der Waals surface area contributed by atoms with Crippen molar-refractivity contribution in [3.8, 4) is 0 Å². The molecule has 0 saturated heterocycles. The fourth-order valence-electron chi connectivity index (χ4n) is 1.92. The van der Waals surface area contributed by atoms with Crippen LogP contribution in [0.5, 0.6) is 0 Å². The van der Waals surface area contributed by atoms with Gasteiger partial charge in [-0.25, -0.2) is 13.2 Å². The van der Waals surface area contributed by atoms with Gasteiger partial charge >= 0.3 is 11.9 Å². The van der Waals surface area contributed by atoms with Crippen molar-refractivity contribution in [1.29, 1.82) is 0 Å². The number of hydrogen-bond acceptors (Lipinski definition) is 5. The van der Waals surface area contributed by atoms with E-state index in [0.717, 1.165) is 4.31 Å². The maximum Gasteiger partial charge on any atom is 0.337 e. The molecule has 1 N–H and O–H groups in total. The molecule has 2 rings (SSSR count). The van der Waals surface area contributed by atoms with E-state index in [-0.39, 0.29) is 16.5 Å². The SMILES string of the molecule is COC(=O)c1ccc(S(=O)(=O)N(CC(=O)O)C2CC2)cc1. The number of aliphatic carboxylic acids is 1. The van der Waals surface area contributed by atoms with Gasteiger partial charge < -0.3 is 9.84 Å². The fourth-order valence-corrected chi connectivity index (χ4v) is 3.56. The molecule has 1 aromatic rings. The zero-order valence-corrected chi connectivity index (χ0v) is 12.2. The second-order valence-corrected chi connectivity index (χ2v) is 6.58. The van der Waals surface area contributed by atoms with Gasteiger partial charge in [0.25, 0.3) is 0 Å². The van der Waals surface area contributed by atoms with Crippen LogP contribution in [0.2, 0.25) is 0 Å². The van der Waals surface area contributed by atoms with Crippen LogP contribution in [0.25, 0.3) is 0 Å². The van der Waals surface area contributed by atoms with Gasteiger partial charge in [0.1, 0.15) is 6.54 Å². The highest BCUT2D eigenvalue weighted by molar-refractivity contribution is 7.89. The quantitative estimate of drug-likeness (QED) is 0.776. The topological polar surface area (TPSA) is 101 Å². The van der Waals surface area contributed by atoms with Crippen LogP contribution in [0.4, 0.5) is 0 Å². The molecule has 0 aliphatic heterocycles. The van der Waals surface area contributed by atoms with Crippen LogP contribution < -0.4 is 0 Å². The molecular weight excluding hydrogens is 298 g/mol. The fraction of sp³-hybridized carbons (Fsp3) is 0.385. The molecule has 21 heavy (non-hydrogen) atoms. The summed E-state index contributed by atoms with van der Waals surface area (Å²) in [6.07, 6.45) is 1.32. The van der Waals surface area contributed by atoms with Crippen molar-refractivity contribution in [3.05, 3.63) is 29.8 Å². The highest BCUT2D eigenvalue weighted by Crippen LogP contribution is 2.31. The lowest BCUT2D eigenvalue weighted by Gasteiger charge is -2.19. The monoisotopic (exact) mass is 313 g/mol. The van der Waals surface area contributed by atoms with Crippen LogP contribution >= 0.6 is 0 Å². The third-order valence-corrected chi connectivity index (χ3v) is 5.04. The standard InChI is InChI=1S/C13H15NO6S/c1-20-13(17)9-2-6-11(7-3-9)21(18,19)14(8-12(15)16)10-4-5-10/h2-3,6-7,10H,4-5,8H2,1H3,(H,15,16). The lowest BCUT2D eigenvalue weighted by Crippen LogP contribution is -2.37. The molecule has 7 nitrogen and oxygen atoms in total. The molecule has 114 valence electrons. The van der Waals surface area contributed by atoms with Gasteiger partial charge in [0.2, 0.25) is 10.0 Å². The molecule has 0 aromatic heterocycles. The lowest BCUT2D eigenvalue weighted by atomic mass is 10.2. The van der Waals surface area contributed by atoms with Crippen molar-refractivity contribution in [2.45, 2.75) is 23.8 Å². The third-order valence-electron chi connectivity index (χ3n) is 3.13. The summed E-state index contributed by atoms with van der Waals surface area (Å²) in [5.41, 5.74) is 0.229. The summed E-state index contributed by atoms with van der Waals surface area (Å²) in [6, 6.07) is 4.97. The van der Waals surface area contributed by atoms with Crippen LogP contribution in [-0.2, 0) is 19.6 Å². The first-order chi connectivity index (χ1) is 9.86. The van der Waals surface area contributed by atoms with Crippen LogP contribution in [-0.4, -0.2) is 49.5 Å². The minimum absolute atomic E-state index is 0.0386. The van der Waals surface area contributed by atoms with Crippen molar-refractivity contribution in [2.75, 3.05) is 13.7 Å². The number of esters is 1. The molecule has 0 atom stereocenters. The molecule has 1 saturated carbocycles. The number of ether oxygens (including phenoxy) is 1. The van der Waals surface area contributed by atoms with Gasteiger partial charge in [0, 0.05) is 6.04 Å². The molecule has 0 heterocycles. The summed E-state index contributed by atoms with van der Waals surface area (Å²) < 4.78 is 30.4. The maximum absolute atomic E-state index is 12.4. The number of carbonyl (C=O) groups excluding carboxylic acids is 1. The third kappa shape index (κ3) is 3.40. The Morgan fingerprint density at radius 2 is 1.86 bits per heavy atom. The van der Waals surface area contributed by atoms with Gasteiger partial charge in [-0.2, -0.15) is 4.31 Å². The number of nitrogens with zero attached hydrogens (tertiary/aromatic N) is 1. The van der Waals surface area contributed by atoms with E-state index in [9.17, 15) is 18.0 Å². The molecule has 0 unspecified atom stereocenters. The molecular formula is C13H15NO6S. The smallest absolute Gasteiger partial charge is 0.337 e. The summed E-state index contributed by atoms with van der Waals surface area (Å²) in [7, 11) is -2.65. The van der Waals surface area contributed by atoms with E-state index < -0.39 is 28.5 Å². The summed E-state index contributed by atoms with van der Waals surface area (Å²) in [6.45, 7) is -0.564. The Bertz CT molecular complexity index is 648. The number of hydrogen-bond donors (Lipinski definition) is 1. The molecule has 1 aliphatic carbocycles. The van der Waals surface area contributed by atoms with Gasteiger partial charge in [-0.3, -0.25) is 4.79 Å². The first-order valence-electron chi connectivity index (χ1n) is 6.28. The number of carbonyl (C=O) groups is 2. The Morgan fingerprint density at radius 3 is 2.29 bits per heavy atom. The number of methoxy groups -OCH3 is 1. The highest BCUT2D eigenvalue weighted by Gasteiger charge is 2.39. The van der Waals surface area contributed by atoms with Crippen molar-refractivity contribution in [2.24, 2.45) is 0 Å². The van der Waals surface area contributed by atoms with Crippen LogP contribution in [0.3, 0.4) is 0 Å². The summed E-state index contributed by atoms with van der Waals surface area (Å²) in [4.78, 5) is 22.1. The first kappa shape index (κ1) is 15.5. The van der Waals surface area contributed by atoms with E-state index >= 15 is 0 Å². The van der Waals surface area contributed by atoms with Crippen LogP contribution in [0, 0.1) is 0 Å². The van der Waals surface area contributed by atoms with Gasteiger partial charge in [0.15, 0.2) is 0 Å².